The van der Waals surface area contributed by atoms with E-state index in [0.29, 0.717) is 11.9 Å². The molecule has 2 unspecified atom stereocenters. The second kappa shape index (κ2) is 4.88. The minimum atomic E-state index is 0.0908. The zero-order chi connectivity index (χ0) is 13.2. The molecule has 1 fully saturated rings. The molecule has 1 heterocycles. The molecule has 0 aliphatic heterocycles. The fourth-order valence-electron chi connectivity index (χ4n) is 2.23. The molecule has 1 aromatic heterocycles. The minimum absolute atomic E-state index is 0.0908. The van der Waals surface area contributed by atoms with Crippen LogP contribution >= 0.6 is 0 Å². The van der Waals surface area contributed by atoms with E-state index in [1.165, 1.54) is 5.56 Å². The number of nitrogens with one attached hydrogen (secondary N) is 1. The molecule has 4 nitrogen and oxygen atoms in total. The summed E-state index contributed by atoms with van der Waals surface area (Å²) in [6, 6.07) is 10.1. The number of benzene rings is 1. The van der Waals surface area contributed by atoms with Crippen molar-refractivity contribution in [3.05, 3.63) is 48.3 Å². The average molecular weight is 255 g/mol. The summed E-state index contributed by atoms with van der Waals surface area (Å²) in [5.74, 6) is 1.40. The van der Waals surface area contributed by atoms with Crippen molar-refractivity contribution in [3.8, 4) is 0 Å². The second-order valence-electron chi connectivity index (χ2n) is 5.17. The second-order valence-corrected chi connectivity index (χ2v) is 5.17. The van der Waals surface area contributed by atoms with Crippen LogP contribution in [0.25, 0.3) is 0 Å². The number of imidazole rings is 1. The smallest absolute Gasteiger partial charge is 0.230 e. The van der Waals surface area contributed by atoms with Gasteiger partial charge in [0.15, 0.2) is 0 Å². The van der Waals surface area contributed by atoms with Crippen molar-refractivity contribution in [3.63, 3.8) is 0 Å². The molecule has 0 radical (unpaired) electrons. The van der Waals surface area contributed by atoms with E-state index < -0.39 is 0 Å². The van der Waals surface area contributed by atoms with Gasteiger partial charge < -0.3 is 4.57 Å². The Hall–Kier alpha value is -2.10. The van der Waals surface area contributed by atoms with Crippen molar-refractivity contribution in [1.82, 2.24) is 9.55 Å². The lowest BCUT2D eigenvalue weighted by molar-refractivity contribution is -0.117. The first-order valence-electron chi connectivity index (χ1n) is 6.60. The van der Waals surface area contributed by atoms with Gasteiger partial charge in [-0.3, -0.25) is 10.1 Å². The highest BCUT2D eigenvalue weighted by Crippen LogP contribution is 2.38. The largest absolute Gasteiger partial charge is 0.313 e. The molecule has 1 N–H and O–H groups in total. The summed E-state index contributed by atoms with van der Waals surface area (Å²) in [5, 5.41) is 2.92. The molecule has 1 amide bonds. The van der Waals surface area contributed by atoms with E-state index in [2.05, 4.69) is 29.4 Å². The van der Waals surface area contributed by atoms with Crippen LogP contribution in [-0.2, 0) is 11.3 Å². The van der Waals surface area contributed by atoms with E-state index >= 15 is 0 Å². The van der Waals surface area contributed by atoms with E-state index in [1.807, 2.05) is 29.0 Å². The van der Waals surface area contributed by atoms with Gasteiger partial charge >= 0.3 is 0 Å². The van der Waals surface area contributed by atoms with Gasteiger partial charge in [0, 0.05) is 18.3 Å². The van der Waals surface area contributed by atoms with Gasteiger partial charge in [-0.05, 0) is 17.9 Å². The number of carbonyl (C=O) groups excluding carboxylic acids is 1. The molecular weight excluding hydrogens is 238 g/mol. The first-order chi connectivity index (χ1) is 9.24. The number of rotatable bonds is 4. The van der Waals surface area contributed by atoms with Crippen LogP contribution in [-0.4, -0.2) is 15.5 Å². The van der Waals surface area contributed by atoms with E-state index in [-0.39, 0.29) is 11.8 Å². The third kappa shape index (κ3) is 2.67. The van der Waals surface area contributed by atoms with Crippen molar-refractivity contribution >= 4 is 11.9 Å². The minimum Gasteiger partial charge on any atom is -0.313 e. The molecule has 1 aromatic carbocycles. The molecule has 1 saturated carbocycles. The SMILES string of the molecule is CC1CC1C(=O)Nc1nccn1Cc1ccccc1. The molecule has 0 bridgehead atoms. The fraction of sp³-hybridized carbons (Fsp3) is 0.333. The van der Waals surface area contributed by atoms with Crippen LogP contribution in [0.4, 0.5) is 5.95 Å². The summed E-state index contributed by atoms with van der Waals surface area (Å²) < 4.78 is 1.96. The molecule has 1 aliphatic carbocycles. The first kappa shape index (κ1) is 12.0. The van der Waals surface area contributed by atoms with Crippen LogP contribution in [0.3, 0.4) is 0 Å². The van der Waals surface area contributed by atoms with Crippen molar-refractivity contribution in [2.75, 3.05) is 5.32 Å². The molecule has 1 aliphatic rings. The highest BCUT2D eigenvalue weighted by Gasteiger charge is 2.39. The summed E-state index contributed by atoms with van der Waals surface area (Å²) in [5.41, 5.74) is 1.19. The Balaban J connectivity index is 1.70. The Kier molecular flexibility index (Phi) is 3.07. The van der Waals surface area contributed by atoms with Gasteiger partial charge in [-0.15, -0.1) is 0 Å². The lowest BCUT2D eigenvalue weighted by atomic mass is 10.2. The van der Waals surface area contributed by atoms with Gasteiger partial charge in [0.1, 0.15) is 0 Å². The zero-order valence-corrected chi connectivity index (χ0v) is 10.9. The number of anilines is 1. The van der Waals surface area contributed by atoms with Crippen LogP contribution in [0.5, 0.6) is 0 Å². The third-order valence-electron chi connectivity index (χ3n) is 3.59. The molecule has 0 spiro atoms. The lowest BCUT2D eigenvalue weighted by Gasteiger charge is -2.08. The third-order valence-corrected chi connectivity index (χ3v) is 3.59. The zero-order valence-electron chi connectivity index (χ0n) is 10.9. The van der Waals surface area contributed by atoms with Crippen LogP contribution in [0.15, 0.2) is 42.7 Å². The van der Waals surface area contributed by atoms with Crippen molar-refractivity contribution in [2.45, 2.75) is 19.9 Å². The van der Waals surface area contributed by atoms with E-state index in [1.54, 1.807) is 6.20 Å². The molecule has 2 aromatic rings. The Morgan fingerprint density at radius 1 is 1.42 bits per heavy atom. The predicted octanol–water partition coefficient (Wildman–Crippen LogP) is 2.53. The summed E-state index contributed by atoms with van der Waals surface area (Å²) >= 11 is 0. The standard InChI is InChI=1S/C15H17N3O/c1-11-9-13(11)14(19)17-15-16-7-8-18(15)10-12-5-3-2-4-6-12/h2-8,11,13H,9-10H2,1H3,(H,16,17,19). The lowest BCUT2D eigenvalue weighted by Crippen LogP contribution is -2.18. The van der Waals surface area contributed by atoms with Crippen LogP contribution in [0.2, 0.25) is 0 Å². The van der Waals surface area contributed by atoms with Gasteiger partial charge in [0.25, 0.3) is 0 Å². The molecule has 19 heavy (non-hydrogen) atoms. The number of carbonyl (C=O) groups is 1. The maximum absolute atomic E-state index is 11.9. The Morgan fingerprint density at radius 2 is 2.16 bits per heavy atom. The van der Waals surface area contributed by atoms with Gasteiger partial charge in [0.05, 0.1) is 6.54 Å². The molecular formula is C15H17N3O. The van der Waals surface area contributed by atoms with Gasteiger partial charge in [-0.25, -0.2) is 4.98 Å². The monoisotopic (exact) mass is 255 g/mol. The normalized spacial score (nSPS) is 21.1. The number of aromatic nitrogens is 2. The van der Waals surface area contributed by atoms with E-state index in [4.69, 9.17) is 0 Å². The molecule has 4 heteroatoms. The fourth-order valence-corrected chi connectivity index (χ4v) is 2.23. The number of hydrogen-bond donors (Lipinski definition) is 1. The van der Waals surface area contributed by atoms with Crippen molar-refractivity contribution in [1.29, 1.82) is 0 Å². The maximum atomic E-state index is 11.9. The van der Waals surface area contributed by atoms with E-state index in [0.717, 1.165) is 13.0 Å². The molecule has 2 atom stereocenters. The molecule has 98 valence electrons. The van der Waals surface area contributed by atoms with Crippen LogP contribution in [0.1, 0.15) is 18.9 Å². The Bertz CT molecular complexity index is 576. The van der Waals surface area contributed by atoms with Crippen LogP contribution < -0.4 is 5.32 Å². The summed E-state index contributed by atoms with van der Waals surface area (Å²) in [6.45, 7) is 2.82. The maximum Gasteiger partial charge on any atom is 0.230 e. The van der Waals surface area contributed by atoms with Crippen LogP contribution in [0, 0.1) is 11.8 Å². The predicted molar refractivity (Wildman–Crippen MR) is 73.7 cm³/mol. The highest BCUT2D eigenvalue weighted by atomic mass is 16.2. The van der Waals surface area contributed by atoms with E-state index in [9.17, 15) is 4.79 Å². The number of nitrogens with zero attached hydrogens (tertiary/aromatic N) is 2. The van der Waals surface area contributed by atoms with Gasteiger partial charge in [0.2, 0.25) is 11.9 Å². The first-order valence-corrected chi connectivity index (χ1v) is 6.60. The number of amides is 1. The summed E-state index contributed by atoms with van der Waals surface area (Å²) in [7, 11) is 0. The Morgan fingerprint density at radius 3 is 2.84 bits per heavy atom. The quantitative estimate of drug-likeness (QED) is 0.912. The topological polar surface area (TPSA) is 46.9 Å². The Labute approximate surface area is 112 Å². The summed E-state index contributed by atoms with van der Waals surface area (Å²) in [4.78, 5) is 16.1. The van der Waals surface area contributed by atoms with Gasteiger partial charge in [-0.1, -0.05) is 37.3 Å². The number of hydrogen-bond acceptors (Lipinski definition) is 2. The van der Waals surface area contributed by atoms with Gasteiger partial charge in [-0.2, -0.15) is 0 Å². The average Bonchev–Trinajstić information content (AvgIpc) is 3.00. The molecule has 0 saturated heterocycles. The van der Waals surface area contributed by atoms with Crippen molar-refractivity contribution < 1.29 is 4.79 Å². The molecule has 3 rings (SSSR count). The summed E-state index contributed by atoms with van der Waals surface area (Å²) in [6.07, 6.45) is 4.60. The highest BCUT2D eigenvalue weighted by molar-refractivity contribution is 5.93. The van der Waals surface area contributed by atoms with Crippen molar-refractivity contribution in [2.24, 2.45) is 11.8 Å².